The van der Waals surface area contributed by atoms with E-state index in [2.05, 4.69) is 0 Å². The van der Waals surface area contributed by atoms with Gasteiger partial charge in [-0.05, 0) is 31.2 Å². The van der Waals surface area contributed by atoms with E-state index in [9.17, 15) is 4.79 Å². The van der Waals surface area contributed by atoms with Gasteiger partial charge in [-0.1, -0.05) is 11.6 Å². The first-order valence-electron chi connectivity index (χ1n) is 5.79. The number of hydrogen-bond donors (Lipinski definition) is 3. The van der Waals surface area contributed by atoms with Crippen molar-refractivity contribution in [2.45, 2.75) is 17.6 Å². The lowest BCUT2D eigenvalue weighted by molar-refractivity contribution is 0.0924. The van der Waals surface area contributed by atoms with Gasteiger partial charge in [-0.3, -0.25) is 10.2 Å². The van der Waals surface area contributed by atoms with Gasteiger partial charge in [0.05, 0.1) is 0 Å². The minimum absolute atomic E-state index is 0.199. The number of nitrogens with one attached hydrogen (secondary N) is 1. The lowest BCUT2D eigenvalue weighted by Gasteiger charge is -2.05. The number of nitrogen functional groups attached to an aromatic ring is 2. The molecular weight excluding hydrogens is 298 g/mol. The SMILES string of the molecule is Cc1oc(C(=O)NN)cc1CSc1ccc(Cl)cc1N. The van der Waals surface area contributed by atoms with Gasteiger partial charge in [0.2, 0.25) is 0 Å². The van der Waals surface area contributed by atoms with Gasteiger partial charge in [0.1, 0.15) is 5.76 Å². The van der Waals surface area contributed by atoms with Crippen LogP contribution in [0.1, 0.15) is 21.9 Å². The summed E-state index contributed by atoms with van der Waals surface area (Å²) in [5, 5.41) is 0.605. The van der Waals surface area contributed by atoms with Crippen LogP contribution in [0.3, 0.4) is 0 Å². The minimum atomic E-state index is -0.449. The zero-order valence-corrected chi connectivity index (χ0v) is 12.3. The van der Waals surface area contributed by atoms with Gasteiger partial charge in [0, 0.05) is 26.9 Å². The second kappa shape index (κ2) is 6.21. The summed E-state index contributed by atoms with van der Waals surface area (Å²) in [5.41, 5.74) is 9.47. The van der Waals surface area contributed by atoms with Gasteiger partial charge in [-0.25, -0.2) is 5.84 Å². The molecular formula is C13H14ClN3O2S. The summed E-state index contributed by atoms with van der Waals surface area (Å²) < 4.78 is 5.35. The molecule has 0 spiro atoms. The molecule has 1 aromatic heterocycles. The Morgan fingerprint density at radius 1 is 1.45 bits per heavy atom. The molecule has 1 heterocycles. The molecule has 5 nitrogen and oxygen atoms in total. The summed E-state index contributed by atoms with van der Waals surface area (Å²) in [5.74, 6) is 6.14. The van der Waals surface area contributed by atoms with Crippen molar-refractivity contribution in [3.63, 3.8) is 0 Å². The number of carbonyl (C=O) groups is 1. The van der Waals surface area contributed by atoms with Gasteiger partial charge >= 0.3 is 5.91 Å². The van der Waals surface area contributed by atoms with E-state index in [0.29, 0.717) is 22.2 Å². The van der Waals surface area contributed by atoms with Crippen LogP contribution < -0.4 is 17.0 Å². The number of halogens is 1. The topological polar surface area (TPSA) is 94.3 Å². The van der Waals surface area contributed by atoms with Gasteiger partial charge in [0.25, 0.3) is 0 Å². The van der Waals surface area contributed by atoms with Crippen molar-refractivity contribution < 1.29 is 9.21 Å². The molecule has 2 rings (SSSR count). The van der Waals surface area contributed by atoms with Crippen molar-refractivity contribution in [2.75, 3.05) is 5.73 Å². The van der Waals surface area contributed by atoms with Crippen LogP contribution >= 0.6 is 23.4 Å². The summed E-state index contributed by atoms with van der Waals surface area (Å²) in [6, 6.07) is 7.04. The Kier molecular flexibility index (Phi) is 4.59. The molecule has 0 aliphatic carbocycles. The zero-order chi connectivity index (χ0) is 14.7. The number of rotatable bonds is 4. The summed E-state index contributed by atoms with van der Waals surface area (Å²) in [7, 11) is 0. The van der Waals surface area contributed by atoms with Crippen molar-refractivity contribution in [3.8, 4) is 0 Å². The van der Waals surface area contributed by atoms with Crippen molar-refractivity contribution in [3.05, 3.63) is 46.4 Å². The predicted molar refractivity (Wildman–Crippen MR) is 80.5 cm³/mol. The van der Waals surface area contributed by atoms with E-state index in [0.717, 1.165) is 10.5 Å². The van der Waals surface area contributed by atoms with Crippen LogP contribution in [0.2, 0.25) is 5.02 Å². The van der Waals surface area contributed by atoms with E-state index in [1.807, 2.05) is 11.5 Å². The third-order valence-corrected chi connectivity index (χ3v) is 4.10. The highest BCUT2D eigenvalue weighted by atomic mass is 35.5. The van der Waals surface area contributed by atoms with Gasteiger partial charge in [0.15, 0.2) is 5.76 Å². The second-order valence-electron chi connectivity index (χ2n) is 4.14. The van der Waals surface area contributed by atoms with Crippen LogP contribution in [0.15, 0.2) is 33.6 Å². The van der Waals surface area contributed by atoms with Crippen LogP contribution in [0, 0.1) is 6.92 Å². The Labute approximate surface area is 125 Å². The fourth-order valence-electron chi connectivity index (χ4n) is 1.65. The van der Waals surface area contributed by atoms with Crippen LogP contribution in [-0.2, 0) is 5.75 Å². The number of hydrogen-bond acceptors (Lipinski definition) is 5. The molecule has 0 bridgehead atoms. The van der Waals surface area contributed by atoms with Gasteiger partial charge < -0.3 is 10.2 Å². The Morgan fingerprint density at radius 3 is 2.85 bits per heavy atom. The number of amides is 1. The fourth-order valence-corrected chi connectivity index (χ4v) is 2.82. The summed E-state index contributed by atoms with van der Waals surface area (Å²) in [4.78, 5) is 12.3. The molecule has 0 atom stereocenters. The van der Waals surface area contributed by atoms with E-state index in [4.69, 9.17) is 27.6 Å². The molecule has 0 saturated heterocycles. The summed E-state index contributed by atoms with van der Waals surface area (Å²) >= 11 is 7.40. The third-order valence-electron chi connectivity index (χ3n) is 2.73. The number of benzene rings is 1. The van der Waals surface area contributed by atoms with Crippen molar-refractivity contribution in [2.24, 2.45) is 5.84 Å². The highest BCUT2D eigenvalue weighted by Gasteiger charge is 2.13. The Hall–Kier alpha value is -1.63. The molecule has 20 heavy (non-hydrogen) atoms. The fraction of sp³-hybridized carbons (Fsp3) is 0.154. The number of hydrazine groups is 1. The standard InChI is InChI=1S/C13H14ClN3O2S/c1-7-8(4-11(19-7)13(18)17-16)6-20-12-3-2-9(14)5-10(12)15/h2-5H,6,15-16H2,1H3,(H,17,18). The van der Waals surface area contributed by atoms with Crippen LogP contribution in [-0.4, -0.2) is 5.91 Å². The van der Waals surface area contributed by atoms with Crippen LogP contribution in [0.4, 0.5) is 5.69 Å². The number of thioether (sulfide) groups is 1. The predicted octanol–water partition coefficient (Wildman–Crippen LogP) is 2.72. The van der Waals surface area contributed by atoms with Crippen molar-refractivity contribution in [1.82, 2.24) is 5.43 Å². The van der Waals surface area contributed by atoms with E-state index in [1.165, 1.54) is 0 Å². The maximum Gasteiger partial charge on any atom is 0.300 e. The first kappa shape index (κ1) is 14.8. The lowest BCUT2D eigenvalue weighted by atomic mass is 10.3. The molecule has 5 N–H and O–H groups in total. The quantitative estimate of drug-likeness (QED) is 0.265. The van der Waals surface area contributed by atoms with E-state index < -0.39 is 5.91 Å². The van der Waals surface area contributed by atoms with Crippen molar-refractivity contribution >= 4 is 35.0 Å². The van der Waals surface area contributed by atoms with Gasteiger partial charge in [-0.15, -0.1) is 11.8 Å². The molecule has 0 aliphatic rings. The number of aryl methyl sites for hydroxylation is 1. The molecule has 0 unspecified atom stereocenters. The molecule has 1 aromatic carbocycles. The summed E-state index contributed by atoms with van der Waals surface area (Å²) in [6.07, 6.45) is 0. The second-order valence-corrected chi connectivity index (χ2v) is 5.59. The largest absolute Gasteiger partial charge is 0.456 e. The van der Waals surface area contributed by atoms with E-state index in [-0.39, 0.29) is 5.76 Å². The van der Waals surface area contributed by atoms with Crippen LogP contribution in [0.25, 0.3) is 0 Å². The molecule has 0 radical (unpaired) electrons. The monoisotopic (exact) mass is 311 g/mol. The number of furan rings is 1. The smallest absolute Gasteiger partial charge is 0.300 e. The maximum absolute atomic E-state index is 11.4. The average Bonchev–Trinajstić information content (AvgIpc) is 2.78. The molecule has 0 aliphatic heterocycles. The normalized spacial score (nSPS) is 10.6. The number of carbonyl (C=O) groups excluding carboxylic acids is 1. The summed E-state index contributed by atoms with van der Waals surface area (Å²) in [6.45, 7) is 1.80. The minimum Gasteiger partial charge on any atom is -0.456 e. The Bertz CT molecular complexity index is 643. The van der Waals surface area contributed by atoms with E-state index >= 15 is 0 Å². The van der Waals surface area contributed by atoms with Gasteiger partial charge in [-0.2, -0.15) is 0 Å². The first-order valence-corrected chi connectivity index (χ1v) is 7.15. The highest BCUT2D eigenvalue weighted by molar-refractivity contribution is 7.98. The molecule has 0 saturated carbocycles. The molecule has 1 amide bonds. The highest BCUT2D eigenvalue weighted by Crippen LogP contribution is 2.31. The van der Waals surface area contributed by atoms with E-state index in [1.54, 1.807) is 36.9 Å². The maximum atomic E-state index is 11.4. The Balaban J connectivity index is 2.11. The molecule has 7 heteroatoms. The third kappa shape index (κ3) is 3.27. The number of nitrogens with two attached hydrogens (primary N) is 2. The van der Waals surface area contributed by atoms with Crippen LogP contribution in [0.5, 0.6) is 0 Å². The first-order chi connectivity index (χ1) is 9.51. The lowest BCUT2D eigenvalue weighted by Crippen LogP contribution is -2.29. The molecule has 2 aromatic rings. The number of anilines is 1. The van der Waals surface area contributed by atoms with Crippen molar-refractivity contribution in [1.29, 1.82) is 0 Å². The molecule has 0 fully saturated rings. The molecule has 106 valence electrons. The Morgan fingerprint density at radius 2 is 2.20 bits per heavy atom. The zero-order valence-electron chi connectivity index (χ0n) is 10.8. The average molecular weight is 312 g/mol.